The first-order valence-electron chi connectivity index (χ1n) is 4.19. The quantitative estimate of drug-likeness (QED) is 0.502. The third-order valence-corrected chi connectivity index (χ3v) is 2.22. The molecule has 0 aliphatic heterocycles. The highest BCUT2D eigenvalue weighted by Crippen LogP contribution is 2.22. The lowest BCUT2D eigenvalue weighted by Crippen LogP contribution is -2.30. The molecule has 5 nitrogen and oxygen atoms in total. The molecule has 0 aromatic carbocycles. The van der Waals surface area contributed by atoms with E-state index in [1.54, 1.807) is 0 Å². The molecule has 0 aliphatic carbocycles. The number of carbonyl (C=O) groups is 1. The fourth-order valence-corrected chi connectivity index (χ4v) is 1.30. The summed E-state index contributed by atoms with van der Waals surface area (Å²) in [5.41, 5.74) is 1.87. The van der Waals surface area contributed by atoms with Crippen molar-refractivity contribution in [1.82, 2.24) is 10.4 Å². The minimum atomic E-state index is -4.47. The van der Waals surface area contributed by atoms with Gasteiger partial charge in [-0.3, -0.25) is 10.2 Å². The fraction of sp³-hybridized carbons (Fsp3) is 0.250. The van der Waals surface area contributed by atoms with Crippen LogP contribution in [0.25, 0.3) is 0 Å². The molecule has 94 valence electrons. The van der Waals surface area contributed by atoms with E-state index < -0.39 is 18.7 Å². The van der Waals surface area contributed by atoms with Gasteiger partial charge >= 0.3 is 6.18 Å². The van der Waals surface area contributed by atoms with Crippen LogP contribution < -0.4 is 16.0 Å². The van der Waals surface area contributed by atoms with Crippen molar-refractivity contribution in [3.05, 3.63) is 22.3 Å². The number of nitrogen functional groups attached to an aromatic ring is 1. The van der Waals surface area contributed by atoms with Gasteiger partial charge in [-0.15, -0.1) is 0 Å². The van der Waals surface area contributed by atoms with Gasteiger partial charge in [-0.1, -0.05) is 0 Å². The SMILES string of the molecule is NNC(=O)c1cc(OCC(F)(F)F)ncc1Br. The Balaban J connectivity index is 2.86. The summed E-state index contributed by atoms with van der Waals surface area (Å²) in [5.74, 6) is 3.92. The predicted molar refractivity (Wildman–Crippen MR) is 55.1 cm³/mol. The third-order valence-electron chi connectivity index (χ3n) is 1.59. The molecule has 1 aromatic heterocycles. The number of nitrogens with two attached hydrogens (primary N) is 1. The first-order valence-corrected chi connectivity index (χ1v) is 4.99. The number of hydrogen-bond acceptors (Lipinski definition) is 4. The Morgan fingerprint density at radius 2 is 2.24 bits per heavy atom. The van der Waals surface area contributed by atoms with Gasteiger partial charge < -0.3 is 4.74 Å². The van der Waals surface area contributed by atoms with Crippen molar-refractivity contribution >= 4 is 21.8 Å². The maximum atomic E-state index is 11.9. The molecule has 0 radical (unpaired) electrons. The molecule has 0 aliphatic rings. The largest absolute Gasteiger partial charge is 0.468 e. The number of nitrogens with one attached hydrogen (secondary N) is 1. The molecular formula is C8H7BrF3N3O2. The maximum Gasteiger partial charge on any atom is 0.422 e. The molecule has 0 bridgehead atoms. The second-order valence-electron chi connectivity index (χ2n) is 2.88. The standard InChI is InChI=1S/C8H7BrF3N3O2/c9-5-2-14-6(17-3-8(10,11)12)1-4(5)7(16)15-13/h1-2H,3,13H2,(H,15,16). The summed E-state index contributed by atoms with van der Waals surface area (Å²) in [6.45, 7) is -1.48. The van der Waals surface area contributed by atoms with Crippen molar-refractivity contribution in [2.75, 3.05) is 6.61 Å². The fourth-order valence-electron chi connectivity index (χ4n) is 0.906. The topological polar surface area (TPSA) is 77.2 Å². The second-order valence-corrected chi connectivity index (χ2v) is 3.73. The molecular weight excluding hydrogens is 307 g/mol. The van der Waals surface area contributed by atoms with Gasteiger partial charge in [0.15, 0.2) is 6.61 Å². The first-order chi connectivity index (χ1) is 7.83. The van der Waals surface area contributed by atoms with E-state index in [9.17, 15) is 18.0 Å². The Labute approximate surface area is 102 Å². The zero-order chi connectivity index (χ0) is 13.1. The molecule has 1 aromatic rings. The van der Waals surface area contributed by atoms with Crippen molar-refractivity contribution in [3.63, 3.8) is 0 Å². The molecule has 17 heavy (non-hydrogen) atoms. The Bertz CT molecular complexity index is 425. The highest BCUT2D eigenvalue weighted by Gasteiger charge is 2.28. The number of nitrogens with zero attached hydrogens (tertiary/aromatic N) is 1. The van der Waals surface area contributed by atoms with E-state index >= 15 is 0 Å². The number of halogens is 4. The molecule has 1 heterocycles. The van der Waals surface area contributed by atoms with Crippen LogP contribution in [0.4, 0.5) is 13.2 Å². The van der Waals surface area contributed by atoms with Gasteiger partial charge in [0.25, 0.3) is 5.91 Å². The van der Waals surface area contributed by atoms with Crippen LogP contribution in [-0.4, -0.2) is 23.7 Å². The molecule has 0 spiro atoms. The number of aromatic nitrogens is 1. The number of alkyl halides is 3. The minimum absolute atomic E-state index is 0.0275. The minimum Gasteiger partial charge on any atom is -0.468 e. The third kappa shape index (κ3) is 4.19. The first kappa shape index (κ1) is 13.7. The molecule has 1 rings (SSSR count). The maximum absolute atomic E-state index is 11.9. The van der Waals surface area contributed by atoms with E-state index in [0.717, 1.165) is 12.3 Å². The van der Waals surface area contributed by atoms with E-state index in [4.69, 9.17) is 5.84 Å². The van der Waals surface area contributed by atoms with Gasteiger partial charge in [0.2, 0.25) is 5.88 Å². The molecule has 0 saturated carbocycles. The molecule has 0 fully saturated rings. The Hall–Kier alpha value is -1.35. The molecule has 3 N–H and O–H groups in total. The molecule has 0 unspecified atom stereocenters. The van der Waals surface area contributed by atoms with Crippen LogP contribution in [0.3, 0.4) is 0 Å². The highest BCUT2D eigenvalue weighted by molar-refractivity contribution is 9.10. The highest BCUT2D eigenvalue weighted by atomic mass is 79.9. The number of pyridine rings is 1. The van der Waals surface area contributed by atoms with Crippen LogP contribution in [0.5, 0.6) is 5.88 Å². The van der Waals surface area contributed by atoms with Gasteiger partial charge in [0.1, 0.15) is 0 Å². The Morgan fingerprint density at radius 1 is 1.59 bits per heavy atom. The zero-order valence-electron chi connectivity index (χ0n) is 8.21. The number of amides is 1. The van der Waals surface area contributed by atoms with E-state index in [0.29, 0.717) is 4.47 Å². The zero-order valence-corrected chi connectivity index (χ0v) is 9.80. The summed E-state index contributed by atoms with van der Waals surface area (Å²) in [6.07, 6.45) is -3.32. The summed E-state index contributed by atoms with van der Waals surface area (Å²) < 4.78 is 40.3. The van der Waals surface area contributed by atoms with Crippen LogP contribution in [0, 0.1) is 0 Å². The van der Waals surface area contributed by atoms with Crippen molar-refractivity contribution in [2.24, 2.45) is 5.84 Å². The Morgan fingerprint density at radius 3 is 2.76 bits per heavy atom. The molecule has 1 amide bonds. The molecule has 0 atom stereocenters. The van der Waals surface area contributed by atoms with Crippen molar-refractivity contribution in [2.45, 2.75) is 6.18 Å². The average molecular weight is 314 g/mol. The van der Waals surface area contributed by atoms with Crippen LogP contribution in [-0.2, 0) is 0 Å². The lowest BCUT2D eigenvalue weighted by Gasteiger charge is -2.09. The van der Waals surface area contributed by atoms with E-state index in [-0.39, 0.29) is 11.4 Å². The normalized spacial score (nSPS) is 11.1. The molecule has 0 saturated heterocycles. The average Bonchev–Trinajstić information content (AvgIpc) is 2.26. The van der Waals surface area contributed by atoms with E-state index in [1.165, 1.54) is 0 Å². The summed E-state index contributed by atoms with van der Waals surface area (Å²) in [4.78, 5) is 14.8. The molecule has 9 heteroatoms. The van der Waals surface area contributed by atoms with Crippen molar-refractivity contribution < 1.29 is 22.7 Å². The van der Waals surface area contributed by atoms with Crippen LogP contribution in [0.1, 0.15) is 10.4 Å². The number of hydrogen-bond donors (Lipinski definition) is 2. The second kappa shape index (κ2) is 5.32. The summed E-state index contributed by atoms with van der Waals surface area (Å²) in [7, 11) is 0. The summed E-state index contributed by atoms with van der Waals surface area (Å²) >= 11 is 3.01. The van der Waals surface area contributed by atoms with E-state index in [1.807, 2.05) is 5.43 Å². The monoisotopic (exact) mass is 313 g/mol. The number of ether oxygens (including phenoxy) is 1. The van der Waals surface area contributed by atoms with E-state index in [2.05, 4.69) is 25.7 Å². The predicted octanol–water partition coefficient (Wildman–Crippen LogP) is 1.39. The van der Waals surface area contributed by atoms with Gasteiger partial charge in [0.05, 0.1) is 5.56 Å². The van der Waals surface area contributed by atoms with Gasteiger partial charge in [0, 0.05) is 16.7 Å². The van der Waals surface area contributed by atoms with Gasteiger partial charge in [-0.25, -0.2) is 10.8 Å². The number of rotatable bonds is 3. The van der Waals surface area contributed by atoms with Gasteiger partial charge in [-0.2, -0.15) is 13.2 Å². The lowest BCUT2D eigenvalue weighted by atomic mass is 10.2. The van der Waals surface area contributed by atoms with Crippen molar-refractivity contribution in [3.8, 4) is 5.88 Å². The summed E-state index contributed by atoms with van der Waals surface area (Å²) in [6, 6.07) is 1.05. The number of hydrazine groups is 1. The van der Waals surface area contributed by atoms with Crippen molar-refractivity contribution in [1.29, 1.82) is 0 Å². The Kier molecular flexibility index (Phi) is 4.29. The lowest BCUT2D eigenvalue weighted by molar-refractivity contribution is -0.154. The van der Waals surface area contributed by atoms with Crippen LogP contribution in [0.15, 0.2) is 16.7 Å². The van der Waals surface area contributed by atoms with Gasteiger partial charge in [-0.05, 0) is 15.9 Å². The smallest absolute Gasteiger partial charge is 0.422 e. The van der Waals surface area contributed by atoms with Crippen LogP contribution in [0.2, 0.25) is 0 Å². The summed E-state index contributed by atoms with van der Waals surface area (Å²) in [5, 5.41) is 0. The van der Waals surface area contributed by atoms with Crippen LogP contribution >= 0.6 is 15.9 Å². The number of carbonyl (C=O) groups excluding carboxylic acids is 1.